The fourth-order valence-electron chi connectivity index (χ4n) is 7.57. The van der Waals surface area contributed by atoms with E-state index in [0.717, 1.165) is 42.6 Å². The molecule has 2 aliphatic heterocycles. The first-order chi connectivity index (χ1) is 19.4. The number of rotatable bonds is 5. The minimum atomic E-state index is -3.67. The van der Waals surface area contributed by atoms with Crippen LogP contribution in [0.2, 0.25) is 5.02 Å². The van der Waals surface area contributed by atoms with Gasteiger partial charge in [0, 0.05) is 35.7 Å². The predicted octanol–water partition coefficient (Wildman–Crippen LogP) is 3.52. The summed E-state index contributed by atoms with van der Waals surface area (Å²) >= 11 is 6.00. The van der Waals surface area contributed by atoms with Crippen molar-refractivity contribution in [2.75, 3.05) is 19.3 Å². The van der Waals surface area contributed by atoms with Crippen molar-refractivity contribution in [3.8, 4) is 11.5 Å². The quantitative estimate of drug-likeness (QED) is 0.351. The summed E-state index contributed by atoms with van der Waals surface area (Å²) in [4.78, 5) is 29.4. The molecule has 3 fully saturated rings. The van der Waals surface area contributed by atoms with Crippen LogP contribution in [0.1, 0.15) is 48.8 Å². The number of hydrogen-bond acceptors (Lipinski definition) is 7. The fourth-order valence-corrected chi connectivity index (χ4v) is 7.70. The molecule has 4 atom stereocenters. The van der Waals surface area contributed by atoms with Crippen LogP contribution in [0.15, 0.2) is 42.5 Å². The molecule has 2 saturated carbocycles. The van der Waals surface area contributed by atoms with Crippen LogP contribution in [0.3, 0.4) is 0 Å². The van der Waals surface area contributed by atoms with Crippen molar-refractivity contribution < 1.29 is 32.4 Å². The Morgan fingerprint density at radius 2 is 1.90 bits per heavy atom. The molecule has 1 spiro atoms. The molecule has 2 aromatic carbocycles. The highest BCUT2D eigenvalue weighted by molar-refractivity contribution is 7.85. The topological polar surface area (TPSA) is 133 Å². The van der Waals surface area contributed by atoms with Gasteiger partial charge in [0.1, 0.15) is 0 Å². The summed E-state index contributed by atoms with van der Waals surface area (Å²) < 4.78 is 32.2. The van der Waals surface area contributed by atoms with Gasteiger partial charge in [0.05, 0.1) is 17.2 Å². The summed E-state index contributed by atoms with van der Waals surface area (Å²) in [6.07, 6.45) is 8.34. The lowest BCUT2D eigenvalue weighted by atomic mass is 9.47. The van der Waals surface area contributed by atoms with Crippen LogP contribution >= 0.6 is 11.6 Å². The molecule has 2 aromatic rings. The van der Waals surface area contributed by atoms with Crippen molar-refractivity contribution >= 4 is 39.5 Å². The molecule has 11 heteroatoms. The molecule has 0 unspecified atom stereocenters. The smallest absolute Gasteiger partial charge is 0.261 e. The van der Waals surface area contributed by atoms with E-state index in [0.29, 0.717) is 35.8 Å². The number of likely N-dealkylation sites (tertiary alicyclic amines) is 1. The van der Waals surface area contributed by atoms with E-state index >= 15 is 0 Å². The molecule has 1 saturated heterocycles. The van der Waals surface area contributed by atoms with Crippen LogP contribution < -0.4 is 10.1 Å². The van der Waals surface area contributed by atoms with Crippen molar-refractivity contribution in [3.05, 3.63) is 64.2 Å². The number of benzene rings is 2. The lowest BCUT2D eigenvalue weighted by molar-refractivity contribution is -0.148. The Morgan fingerprint density at radius 1 is 1.20 bits per heavy atom. The molecular weight excluding hydrogens is 568 g/mol. The molecule has 0 aromatic heterocycles. The second-order valence-corrected chi connectivity index (χ2v) is 13.8. The third-order valence-corrected chi connectivity index (χ3v) is 9.51. The minimum Gasteiger partial charge on any atom is -0.504 e. The molecule has 0 radical (unpaired) electrons. The van der Waals surface area contributed by atoms with Gasteiger partial charge in [-0.15, -0.1) is 0 Å². The number of ketones is 1. The van der Waals surface area contributed by atoms with Crippen molar-refractivity contribution in [2.45, 2.75) is 61.6 Å². The second-order valence-electron chi connectivity index (χ2n) is 11.9. The van der Waals surface area contributed by atoms with Gasteiger partial charge in [-0.3, -0.25) is 19.0 Å². The number of ether oxygens (including phenoxy) is 1. The van der Waals surface area contributed by atoms with Crippen molar-refractivity contribution in [2.24, 2.45) is 5.92 Å². The summed E-state index contributed by atoms with van der Waals surface area (Å²) in [5.41, 5.74) is 1.66. The van der Waals surface area contributed by atoms with E-state index in [1.165, 1.54) is 12.8 Å². The monoisotopic (exact) mass is 600 g/mol. The summed E-state index contributed by atoms with van der Waals surface area (Å²) in [6, 6.07) is 11.1. The Morgan fingerprint density at radius 3 is 2.59 bits per heavy atom. The highest BCUT2D eigenvalue weighted by Crippen LogP contribution is 2.65. The highest BCUT2D eigenvalue weighted by Gasteiger charge is 2.73. The average molecular weight is 601 g/mol. The van der Waals surface area contributed by atoms with Crippen LogP contribution in [0.4, 0.5) is 0 Å². The van der Waals surface area contributed by atoms with Crippen molar-refractivity contribution in [1.82, 2.24) is 10.2 Å². The van der Waals surface area contributed by atoms with Crippen molar-refractivity contribution in [1.29, 1.82) is 0 Å². The maximum Gasteiger partial charge on any atom is 0.261 e. The van der Waals surface area contributed by atoms with E-state index in [1.807, 2.05) is 18.2 Å². The van der Waals surface area contributed by atoms with Gasteiger partial charge < -0.3 is 15.2 Å². The van der Waals surface area contributed by atoms with E-state index in [-0.39, 0.29) is 23.5 Å². The highest BCUT2D eigenvalue weighted by atomic mass is 35.5. The zero-order valence-corrected chi connectivity index (χ0v) is 24.2. The number of phenolic OH excluding ortho intramolecular Hbond substituents is 1. The number of phenols is 1. The SMILES string of the molecule is CS(=O)(=O)O.O=C(/C=C/c1ccc(Cl)cc1)N[C@]12CCC(=O)[C@H]3Oc4c(O)ccc5c4[C@]31CCN(CC1CC1)[C@H]2C5. The lowest BCUT2D eigenvalue weighted by Gasteiger charge is -2.65. The summed E-state index contributed by atoms with van der Waals surface area (Å²) in [5, 5.41) is 14.8. The first kappa shape index (κ1) is 28.2. The minimum absolute atomic E-state index is 0.0643. The summed E-state index contributed by atoms with van der Waals surface area (Å²) in [5.74, 6) is 1.13. The number of halogens is 1. The third kappa shape index (κ3) is 4.94. The van der Waals surface area contributed by atoms with Crippen LogP contribution in [-0.4, -0.2) is 71.7 Å². The number of hydrogen-bond donors (Lipinski definition) is 3. The Hall–Kier alpha value is -2.92. The maximum absolute atomic E-state index is 13.5. The van der Waals surface area contributed by atoms with E-state index < -0.39 is 27.2 Å². The number of nitrogens with one attached hydrogen (secondary N) is 1. The Labute approximate surface area is 244 Å². The normalized spacial score (nSPS) is 29.8. The van der Waals surface area contributed by atoms with Gasteiger partial charge in [-0.25, -0.2) is 0 Å². The number of Topliss-reactive ketones (excluding diaryl/α,β-unsaturated/α-hetero) is 1. The number of carbonyl (C=O) groups is 2. The van der Waals surface area contributed by atoms with Gasteiger partial charge in [0.2, 0.25) is 5.91 Å². The predicted molar refractivity (Wildman–Crippen MR) is 154 cm³/mol. The van der Waals surface area contributed by atoms with Gasteiger partial charge >= 0.3 is 0 Å². The first-order valence-electron chi connectivity index (χ1n) is 13.9. The number of nitrogens with zero attached hydrogens (tertiary/aromatic N) is 1. The van der Waals surface area contributed by atoms with E-state index in [1.54, 1.807) is 30.4 Å². The maximum atomic E-state index is 13.5. The van der Waals surface area contributed by atoms with Gasteiger partial charge in [-0.2, -0.15) is 8.42 Å². The largest absolute Gasteiger partial charge is 0.504 e. The fraction of sp³-hybridized carbons (Fsp3) is 0.467. The molecule has 218 valence electrons. The Balaban J connectivity index is 0.000000559. The summed E-state index contributed by atoms with van der Waals surface area (Å²) in [7, 11) is -3.67. The second kappa shape index (κ2) is 10.1. The zero-order valence-electron chi connectivity index (χ0n) is 22.7. The van der Waals surface area contributed by atoms with Crippen LogP contribution in [0.5, 0.6) is 11.5 Å². The van der Waals surface area contributed by atoms with E-state index in [2.05, 4.69) is 10.2 Å². The molecule has 7 rings (SSSR count). The van der Waals surface area contributed by atoms with Gasteiger partial charge in [0.25, 0.3) is 10.1 Å². The Bertz CT molecular complexity index is 1530. The summed E-state index contributed by atoms with van der Waals surface area (Å²) in [6.45, 7) is 1.89. The number of aromatic hydroxyl groups is 1. The molecule has 9 nitrogen and oxygen atoms in total. The van der Waals surface area contributed by atoms with Gasteiger partial charge in [-0.1, -0.05) is 29.8 Å². The third-order valence-electron chi connectivity index (χ3n) is 9.26. The Kier molecular flexibility index (Phi) is 6.96. The first-order valence-corrected chi connectivity index (χ1v) is 16.1. The number of carbonyl (C=O) groups excluding carboxylic acids is 2. The molecule has 1 amide bonds. The number of piperidine rings is 1. The van der Waals surface area contributed by atoms with Crippen molar-refractivity contribution in [3.63, 3.8) is 0 Å². The lowest BCUT2D eigenvalue weighted by Crippen LogP contribution is -2.81. The average Bonchev–Trinajstić information content (AvgIpc) is 3.64. The molecular formula is C30H33ClN2O7S. The standard InChI is InChI=1S/C29H29ClN2O4.CH4O3S/c30-20-7-3-17(4-8-20)5-10-24(35)31-29-12-11-22(34)27-28(29)13-14-32(16-18-1-2-18)23(29)15-19-6-9-21(33)26(36-27)25(19)28;1-5(2,3)4/h3-10,18,23,27,33H,1-2,11-16H2,(H,31,35);1H3,(H,2,3,4)/b10-5+;/t23-,27+,28+,29-;/m0./s1. The molecule has 2 bridgehead atoms. The van der Waals surface area contributed by atoms with E-state index in [4.69, 9.17) is 20.9 Å². The van der Waals surface area contributed by atoms with Gasteiger partial charge in [-0.05, 0) is 80.0 Å². The van der Waals surface area contributed by atoms with Crippen LogP contribution in [0.25, 0.3) is 6.08 Å². The van der Waals surface area contributed by atoms with Crippen LogP contribution in [-0.2, 0) is 31.5 Å². The molecule has 3 aliphatic carbocycles. The zero-order chi connectivity index (χ0) is 29.2. The van der Waals surface area contributed by atoms with Gasteiger partial charge in [0.15, 0.2) is 23.4 Å². The molecule has 5 aliphatic rings. The van der Waals surface area contributed by atoms with Crippen LogP contribution in [0, 0.1) is 5.92 Å². The van der Waals surface area contributed by atoms with E-state index in [9.17, 15) is 23.1 Å². The molecule has 3 N–H and O–H groups in total. The number of amides is 1. The molecule has 41 heavy (non-hydrogen) atoms. The molecule has 2 heterocycles.